The van der Waals surface area contributed by atoms with Crippen molar-refractivity contribution >= 4 is 35.2 Å². The Morgan fingerprint density at radius 3 is 2.48 bits per heavy atom. The number of benzene rings is 2. The smallest absolute Gasteiger partial charge is 0.331 e. The third-order valence-corrected chi connectivity index (χ3v) is 4.17. The van der Waals surface area contributed by atoms with Gasteiger partial charge in [-0.2, -0.15) is 0 Å². The van der Waals surface area contributed by atoms with Crippen LogP contribution in [0.4, 0.5) is 5.69 Å². The van der Waals surface area contributed by atoms with Crippen molar-refractivity contribution in [2.24, 2.45) is 0 Å². The Morgan fingerprint density at radius 2 is 1.86 bits per heavy atom. The van der Waals surface area contributed by atoms with E-state index in [1.165, 1.54) is 31.3 Å². The number of halogens is 1. The maximum absolute atomic E-state index is 12.4. The van der Waals surface area contributed by atoms with Gasteiger partial charge in [-0.25, -0.2) is 4.79 Å². The van der Waals surface area contributed by atoms with E-state index >= 15 is 0 Å². The van der Waals surface area contributed by atoms with Gasteiger partial charge in [-0.15, -0.1) is 6.58 Å². The lowest BCUT2D eigenvalue weighted by atomic mass is 10.2. The summed E-state index contributed by atoms with van der Waals surface area (Å²) in [5.74, 6) is -0.170. The molecule has 2 aromatic rings. The van der Waals surface area contributed by atoms with Crippen molar-refractivity contribution in [2.75, 3.05) is 32.3 Å². The van der Waals surface area contributed by atoms with Crippen LogP contribution in [0.15, 0.2) is 61.2 Å². The molecule has 0 bridgehead atoms. The molecule has 2 rings (SSSR count). The topological polar surface area (TPSA) is 65.1 Å². The number of hydrogen-bond donors (Lipinski definition) is 0. The van der Waals surface area contributed by atoms with Gasteiger partial charge in [0.1, 0.15) is 0 Å². The predicted molar refractivity (Wildman–Crippen MR) is 114 cm³/mol. The summed E-state index contributed by atoms with van der Waals surface area (Å²) in [7, 11) is 2.97. The summed E-state index contributed by atoms with van der Waals surface area (Å²) < 4.78 is 15.5. The number of amides is 1. The molecular weight excluding hydrogens is 394 g/mol. The largest absolute Gasteiger partial charge is 0.493 e. The van der Waals surface area contributed by atoms with Gasteiger partial charge in [0.05, 0.1) is 19.2 Å². The van der Waals surface area contributed by atoms with Gasteiger partial charge in [0.25, 0.3) is 5.91 Å². The Bertz CT molecular complexity index is 896. The first-order chi connectivity index (χ1) is 14.0. The van der Waals surface area contributed by atoms with E-state index in [2.05, 4.69) is 6.58 Å². The number of carbonyl (C=O) groups excluding carboxylic acids is 2. The first-order valence-electron chi connectivity index (χ1n) is 8.72. The number of anilines is 1. The number of rotatable bonds is 9. The second-order valence-corrected chi connectivity index (χ2v) is 6.22. The minimum Gasteiger partial charge on any atom is -0.493 e. The van der Waals surface area contributed by atoms with Crippen LogP contribution in [0.25, 0.3) is 6.08 Å². The van der Waals surface area contributed by atoms with Crippen molar-refractivity contribution < 1.29 is 23.8 Å². The van der Waals surface area contributed by atoms with Gasteiger partial charge in [-0.1, -0.05) is 35.9 Å². The Kier molecular flexibility index (Phi) is 8.30. The highest BCUT2D eigenvalue weighted by atomic mass is 35.5. The average molecular weight is 416 g/mol. The lowest BCUT2D eigenvalue weighted by molar-refractivity contribution is -0.142. The quantitative estimate of drug-likeness (QED) is 0.350. The van der Waals surface area contributed by atoms with Crippen LogP contribution >= 0.6 is 11.6 Å². The summed E-state index contributed by atoms with van der Waals surface area (Å²) in [6.07, 6.45) is 4.33. The van der Waals surface area contributed by atoms with Gasteiger partial charge in [0, 0.05) is 18.3 Å². The highest BCUT2D eigenvalue weighted by Gasteiger charge is 2.16. The maximum atomic E-state index is 12.4. The molecule has 0 aliphatic rings. The summed E-state index contributed by atoms with van der Waals surface area (Å²) in [5.41, 5.74) is 1.32. The van der Waals surface area contributed by atoms with E-state index in [-0.39, 0.29) is 5.91 Å². The van der Waals surface area contributed by atoms with E-state index in [1.54, 1.807) is 30.3 Å². The van der Waals surface area contributed by atoms with E-state index in [0.29, 0.717) is 34.3 Å². The van der Waals surface area contributed by atoms with E-state index in [0.717, 1.165) is 0 Å². The van der Waals surface area contributed by atoms with Crippen LogP contribution in [0.3, 0.4) is 0 Å². The number of ether oxygens (including phenoxy) is 3. The van der Waals surface area contributed by atoms with Crippen molar-refractivity contribution in [3.05, 3.63) is 71.8 Å². The number of hydrogen-bond acceptors (Lipinski definition) is 5. The third kappa shape index (κ3) is 6.12. The molecule has 0 fully saturated rings. The highest BCUT2D eigenvalue weighted by Crippen LogP contribution is 2.36. The third-order valence-electron chi connectivity index (χ3n) is 3.89. The van der Waals surface area contributed by atoms with Crippen molar-refractivity contribution in [1.82, 2.24) is 0 Å². The maximum Gasteiger partial charge on any atom is 0.331 e. The normalized spacial score (nSPS) is 10.4. The summed E-state index contributed by atoms with van der Waals surface area (Å²) in [6.45, 7) is 3.57. The molecule has 1 amide bonds. The van der Waals surface area contributed by atoms with Crippen LogP contribution < -0.4 is 14.4 Å². The second kappa shape index (κ2) is 10.9. The standard InChI is InChI=1S/C22H22ClNO5/c1-4-12-24(17-8-6-5-7-9-17)20(25)15-29-21(26)11-10-16-13-18(23)22(28-3)19(14-16)27-2/h4-11,13-14H,1,12,15H2,2-3H3/b11-10+. The molecule has 7 heteroatoms. The summed E-state index contributed by atoms with van der Waals surface area (Å²) in [5, 5.41) is 0.345. The Hall–Kier alpha value is -3.25. The van der Waals surface area contributed by atoms with Gasteiger partial charge in [0.15, 0.2) is 18.1 Å². The number of para-hydroxylation sites is 1. The van der Waals surface area contributed by atoms with Crippen LogP contribution in [0, 0.1) is 0 Å². The molecule has 0 aliphatic heterocycles. The Labute approximate surface area is 174 Å². The van der Waals surface area contributed by atoms with Crippen LogP contribution in [-0.4, -0.2) is 39.2 Å². The lowest BCUT2D eigenvalue weighted by Crippen LogP contribution is -2.34. The zero-order chi connectivity index (χ0) is 21.2. The average Bonchev–Trinajstić information content (AvgIpc) is 2.74. The number of carbonyl (C=O) groups is 2. The molecule has 6 nitrogen and oxygen atoms in total. The van der Waals surface area contributed by atoms with Gasteiger partial charge >= 0.3 is 5.97 Å². The molecule has 0 N–H and O–H groups in total. The molecule has 0 atom stereocenters. The van der Waals surface area contributed by atoms with Crippen LogP contribution in [-0.2, 0) is 14.3 Å². The minimum absolute atomic E-state index is 0.306. The first kappa shape index (κ1) is 22.0. The lowest BCUT2D eigenvalue weighted by Gasteiger charge is -2.20. The Morgan fingerprint density at radius 1 is 1.14 bits per heavy atom. The molecule has 0 radical (unpaired) electrons. The zero-order valence-electron chi connectivity index (χ0n) is 16.3. The molecule has 152 valence electrons. The molecule has 0 unspecified atom stereocenters. The van der Waals surface area contributed by atoms with Gasteiger partial charge in [-0.05, 0) is 35.9 Å². The fourth-order valence-corrected chi connectivity index (χ4v) is 2.84. The predicted octanol–water partition coefficient (Wildman–Crippen LogP) is 4.13. The van der Waals surface area contributed by atoms with Gasteiger partial charge in [0.2, 0.25) is 0 Å². The summed E-state index contributed by atoms with van der Waals surface area (Å²) >= 11 is 6.14. The molecule has 0 spiro atoms. The number of methoxy groups -OCH3 is 2. The SMILES string of the molecule is C=CCN(C(=O)COC(=O)/C=C/c1cc(Cl)c(OC)c(OC)c1)c1ccccc1. The minimum atomic E-state index is -0.657. The van der Waals surface area contributed by atoms with E-state index in [9.17, 15) is 9.59 Å². The molecule has 0 saturated heterocycles. The molecule has 0 saturated carbocycles. The van der Waals surface area contributed by atoms with Crippen molar-refractivity contribution in [3.8, 4) is 11.5 Å². The zero-order valence-corrected chi connectivity index (χ0v) is 17.0. The fourth-order valence-electron chi connectivity index (χ4n) is 2.55. The van der Waals surface area contributed by atoms with Crippen molar-refractivity contribution in [3.63, 3.8) is 0 Å². The second-order valence-electron chi connectivity index (χ2n) is 5.81. The van der Waals surface area contributed by atoms with E-state index in [4.69, 9.17) is 25.8 Å². The van der Waals surface area contributed by atoms with E-state index < -0.39 is 12.6 Å². The monoisotopic (exact) mass is 415 g/mol. The molecule has 29 heavy (non-hydrogen) atoms. The van der Waals surface area contributed by atoms with Gasteiger partial charge < -0.3 is 19.1 Å². The van der Waals surface area contributed by atoms with Crippen LogP contribution in [0.1, 0.15) is 5.56 Å². The van der Waals surface area contributed by atoms with Crippen molar-refractivity contribution in [1.29, 1.82) is 0 Å². The van der Waals surface area contributed by atoms with E-state index in [1.807, 2.05) is 18.2 Å². The first-order valence-corrected chi connectivity index (χ1v) is 9.10. The van der Waals surface area contributed by atoms with Crippen molar-refractivity contribution in [2.45, 2.75) is 0 Å². The number of esters is 1. The molecular formula is C22H22ClNO5. The summed E-state index contributed by atoms with van der Waals surface area (Å²) in [6, 6.07) is 12.4. The number of nitrogens with zero attached hydrogens (tertiary/aromatic N) is 1. The summed E-state index contributed by atoms with van der Waals surface area (Å²) in [4.78, 5) is 25.9. The van der Waals surface area contributed by atoms with Gasteiger partial charge in [-0.3, -0.25) is 4.79 Å². The molecule has 2 aromatic carbocycles. The molecule has 0 aliphatic carbocycles. The highest BCUT2D eigenvalue weighted by molar-refractivity contribution is 6.32. The molecule has 0 aromatic heterocycles. The van der Waals surface area contributed by atoms with Crippen LogP contribution in [0.5, 0.6) is 11.5 Å². The fraction of sp³-hybridized carbons (Fsp3) is 0.182. The molecule has 0 heterocycles. The van der Waals surface area contributed by atoms with Crippen LogP contribution in [0.2, 0.25) is 5.02 Å². The Balaban J connectivity index is 2.01.